The highest BCUT2D eigenvalue weighted by atomic mass is 32.1. The smallest absolute Gasteiger partial charge is 0.0897 e. The van der Waals surface area contributed by atoms with Crippen molar-refractivity contribution in [1.82, 2.24) is 20.1 Å². The van der Waals surface area contributed by atoms with Crippen LogP contribution in [0.4, 0.5) is 0 Å². The first kappa shape index (κ1) is 11.3. The molecular weight excluding hydrogens is 220 g/mol. The van der Waals surface area contributed by atoms with Crippen LogP contribution in [0, 0.1) is 6.92 Å². The van der Waals surface area contributed by atoms with Crippen LogP contribution in [0.1, 0.15) is 15.4 Å². The molecule has 2 aromatic rings. The lowest BCUT2D eigenvalue weighted by Gasteiger charge is -2.00. The van der Waals surface area contributed by atoms with E-state index in [9.17, 15) is 0 Å². The second-order valence-corrected chi connectivity index (χ2v) is 5.11. The molecule has 0 aliphatic rings. The van der Waals surface area contributed by atoms with Gasteiger partial charge in [-0.05, 0) is 25.5 Å². The van der Waals surface area contributed by atoms with Crippen molar-refractivity contribution in [1.29, 1.82) is 0 Å². The average Bonchev–Trinajstić information content (AvgIpc) is 2.83. The van der Waals surface area contributed by atoms with E-state index in [1.165, 1.54) is 10.4 Å². The van der Waals surface area contributed by atoms with E-state index in [4.69, 9.17) is 0 Å². The van der Waals surface area contributed by atoms with Crippen LogP contribution in [0.3, 0.4) is 0 Å². The lowest BCUT2D eigenvalue weighted by Crippen LogP contribution is -2.15. The fourth-order valence-electron chi connectivity index (χ4n) is 1.53. The van der Waals surface area contributed by atoms with E-state index in [1.54, 1.807) is 11.3 Å². The summed E-state index contributed by atoms with van der Waals surface area (Å²) >= 11 is 1.75. The van der Waals surface area contributed by atoms with Crippen LogP contribution in [0.15, 0.2) is 18.6 Å². The van der Waals surface area contributed by atoms with Crippen molar-refractivity contribution in [3.05, 3.63) is 34.0 Å². The van der Waals surface area contributed by atoms with Gasteiger partial charge in [-0.15, -0.1) is 11.3 Å². The minimum absolute atomic E-state index is 0.909. The summed E-state index contributed by atoms with van der Waals surface area (Å²) in [7, 11) is 1.94. The molecule has 2 heterocycles. The molecule has 2 aromatic heterocycles. The number of thiazole rings is 1. The fraction of sp³-hybridized carbons (Fsp3) is 0.455. The number of hydrogen-bond donors (Lipinski definition) is 1. The summed E-state index contributed by atoms with van der Waals surface area (Å²) in [6.07, 6.45) is 6.93. The van der Waals surface area contributed by atoms with Crippen molar-refractivity contribution < 1.29 is 0 Å². The average molecular weight is 236 g/mol. The Kier molecular flexibility index (Phi) is 3.69. The maximum Gasteiger partial charge on any atom is 0.0897 e. The standard InChI is InChI=1S/C11H16N4S/c1-9-13-7-11(16-9)6-12-4-3-10-5-14-15(2)8-10/h5,7-8,12H,3-4,6H2,1-2H3. The van der Waals surface area contributed by atoms with Gasteiger partial charge in [-0.25, -0.2) is 4.98 Å². The van der Waals surface area contributed by atoms with Gasteiger partial charge in [-0.2, -0.15) is 5.10 Å². The number of nitrogens with one attached hydrogen (secondary N) is 1. The minimum atomic E-state index is 0.909. The molecular formula is C11H16N4S. The molecule has 0 aliphatic carbocycles. The summed E-state index contributed by atoms with van der Waals surface area (Å²) in [6.45, 7) is 3.91. The van der Waals surface area contributed by atoms with E-state index in [-0.39, 0.29) is 0 Å². The van der Waals surface area contributed by atoms with Gasteiger partial charge < -0.3 is 5.32 Å². The molecule has 0 saturated carbocycles. The van der Waals surface area contributed by atoms with Crippen LogP contribution in [0.25, 0.3) is 0 Å². The quantitative estimate of drug-likeness (QED) is 0.800. The largest absolute Gasteiger partial charge is 0.311 e. The predicted octanol–water partition coefficient (Wildman–Crippen LogP) is 1.52. The summed E-state index contributed by atoms with van der Waals surface area (Å²) in [5.74, 6) is 0. The number of aromatic nitrogens is 3. The van der Waals surface area contributed by atoms with Crippen LogP contribution < -0.4 is 5.32 Å². The molecule has 0 saturated heterocycles. The van der Waals surface area contributed by atoms with E-state index < -0.39 is 0 Å². The molecule has 0 unspecified atom stereocenters. The highest BCUT2D eigenvalue weighted by Gasteiger charge is 1.98. The third-order valence-electron chi connectivity index (χ3n) is 2.32. The van der Waals surface area contributed by atoms with Gasteiger partial charge in [0.1, 0.15) is 0 Å². The molecule has 5 heteroatoms. The molecule has 0 atom stereocenters. The maximum atomic E-state index is 4.22. The van der Waals surface area contributed by atoms with Gasteiger partial charge in [0.25, 0.3) is 0 Å². The van der Waals surface area contributed by atoms with E-state index in [2.05, 4.69) is 21.6 Å². The Morgan fingerprint density at radius 3 is 2.94 bits per heavy atom. The van der Waals surface area contributed by atoms with Crippen molar-refractivity contribution in [3.8, 4) is 0 Å². The highest BCUT2D eigenvalue weighted by molar-refractivity contribution is 7.11. The van der Waals surface area contributed by atoms with Crippen molar-refractivity contribution >= 4 is 11.3 Å². The van der Waals surface area contributed by atoms with Crippen LogP contribution in [0.5, 0.6) is 0 Å². The zero-order valence-corrected chi connectivity index (χ0v) is 10.4. The summed E-state index contributed by atoms with van der Waals surface area (Å²) in [5.41, 5.74) is 1.27. The van der Waals surface area contributed by atoms with Gasteiger partial charge in [0.2, 0.25) is 0 Å². The number of rotatable bonds is 5. The Morgan fingerprint density at radius 2 is 2.31 bits per heavy atom. The lowest BCUT2D eigenvalue weighted by atomic mass is 10.2. The molecule has 0 amide bonds. The van der Waals surface area contributed by atoms with E-state index in [0.717, 1.165) is 24.5 Å². The van der Waals surface area contributed by atoms with Crippen LogP contribution in [-0.2, 0) is 20.0 Å². The van der Waals surface area contributed by atoms with Gasteiger partial charge >= 0.3 is 0 Å². The molecule has 16 heavy (non-hydrogen) atoms. The summed E-state index contributed by atoms with van der Waals surface area (Å²) < 4.78 is 1.84. The topological polar surface area (TPSA) is 42.7 Å². The zero-order valence-electron chi connectivity index (χ0n) is 9.60. The first-order chi connectivity index (χ1) is 7.74. The van der Waals surface area contributed by atoms with Gasteiger partial charge in [-0.3, -0.25) is 4.68 Å². The van der Waals surface area contributed by atoms with Crippen molar-refractivity contribution in [2.75, 3.05) is 6.54 Å². The monoisotopic (exact) mass is 236 g/mol. The van der Waals surface area contributed by atoms with Gasteiger partial charge in [0.05, 0.1) is 11.2 Å². The number of hydrogen-bond acceptors (Lipinski definition) is 4. The van der Waals surface area contributed by atoms with Crippen molar-refractivity contribution in [3.63, 3.8) is 0 Å². The zero-order chi connectivity index (χ0) is 11.4. The summed E-state index contributed by atoms with van der Waals surface area (Å²) in [4.78, 5) is 5.52. The Hall–Kier alpha value is -1.20. The van der Waals surface area contributed by atoms with Crippen LogP contribution in [0.2, 0.25) is 0 Å². The molecule has 0 bridgehead atoms. The van der Waals surface area contributed by atoms with Crippen LogP contribution >= 0.6 is 11.3 Å². The minimum Gasteiger partial charge on any atom is -0.311 e. The van der Waals surface area contributed by atoms with E-state index in [0.29, 0.717) is 0 Å². The second-order valence-electron chi connectivity index (χ2n) is 3.79. The molecule has 2 rings (SSSR count). The highest BCUT2D eigenvalue weighted by Crippen LogP contribution is 2.10. The summed E-state index contributed by atoms with van der Waals surface area (Å²) in [5, 5.41) is 8.67. The fourth-order valence-corrected chi connectivity index (χ4v) is 2.30. The molecule has 4 nitrogen and oxygen atoms in total. The third kappa shape index (κ3) is 3.15. The Balaban J connectivity index is 1.69. The molecule has 0 spiro atoms. The maximum absolute atomic E-state index is 4.22. The molecule has 86 valence electrons. The molecule has 0 radical (unpaired) electrons. The SMILES string of the molecule is Cc1ncc(CNCCc2cnn(C)c2)s1. The number of aryl methyl sites for hydroxylation is 2. The lowest BCUT2D eigenvalue weighted by molar-refractivity contribution is 0.692. The van der Waals surface area contributed by atoms with Gasteiger partial charge in [0, 0.05) is 30.9 Å². The number of nitrogens with zero attached hydrogens (tertiary/aromatic N) is 3. The third-order valence-corrected chi connectivity index (χ3v) is 3.23. The molecule has 1 N–H and O–H groups in total. The first-order valence-electron chi connectivity index (χ1n) is 5.33. The normalized spacial score (nSPS) is 10.9. The Morgan fingerprint density at radius 1 is 1.44 bits per heavy atom. The van der Waals surface area contributed by atoms with E-state index >= 15 is 0 Å². The molecule has 0 aliphatic heterocycles. The molecule has 0 fully saturated rings. The molecule has 0 aromatic carbocycles. The van der Waals surface area contributed by atoms with Crippen molar-refractivity contribution in [2.24, 2.45) is 7.05 Å². The Labute approximate surface area is 99.3 Å². The predicted molar refractivity (Wildman–Crippen MR) is 65.5 cm³/mol. The van der Waals surface area contributed by atoms with Gasteiger partial charge in [0.15, 0.2) is 0 Å². The van der Waals surface area contributed by atoms with Gasteiger partial charge in [-0.1, -0.05) is 0 Å². The van der Waals surface area contributed by atoms with Crippen molar-refractivity contribution in [2.45, 2.75) is 19.9 Å². The van der Waals surface area contributed by atoms with E-state index in [1.807, 2.05) is 31.0 Å². The second kappa shape index (κ2) is 5.23. The van der Waals surface area contributed by atoms with Crippen LogP contribution in [-0.4, -0.2) is 21.3 Å². The first-order valence-corrected chi connectivity index (χ1v) is 6.15. The summed E-state index contributed by atoms with van der Waals surface area (Å²) in [6, 6.07) is 0. The Bertz CT molecular complexity index is 404.